The first kappa shape index (κ1) is 19.0. The Morgan fingerprint density at radius 2 is 1.96 bits per heavy atom. The van der Waals surface area contributed by atoms with Crippen molar-refractivity contribution in [3.05, 3.63) is 51.9 Å². The Labute approximate surface area is 154 Å². The summed E-state index contributed by atoms with van der Waals surface area (Å²) in [6, 6.07) is 4.46. The number of aryl methyl sites for hydroxylation is 1. The van der Waals surface area contributed by atoms with E-state index in [2.05, 4.69) is 10.3 Å². The van der Waals surface area contributed by atoms with Crippen molar-refractivity contribution in [3.63, 3.8) is 0 Å². The number of hydrogen-bond donors (Lipinski definition) is 1. The molecule has 0 spiro atoms. The number of anilines is 2. The Morgan fingerprint density at radius 1 is 1.22 bits per heavy atom. The second-order valence-corrected chi connectivity index (χ2v) is 6.10. The van der Waals surface area contributed by atoms with E-state index in [1.165, 1.54) is 16.7 Å². The maximum absolute atomic E-state index is 13.3. The van der Waals surface area contributed by atoms with E-state index >= 15 is 0 Å². The molecule has 144 valence electrons. The van der Waals surface area contributed by atoms with Crippen LogP contribution < -0.4 is 15.8 Å². The molecule has 3 rings (SSSR count). The minimum absolute atomic E-state index is 0.109. The average molecular weight is 378 g/mol. The highest BCUT2D eigenvalue weighted by Gasteiger charge is 2.20. The summed E-state index contributed by atoms with van der Waals surface area (Å²) in [6.45, 7) is 3.74. The van der Waals surface area contributed by atoms with E-state index in [-0.39, 0.29) is 17.8 Å². The van der Waals surface area contributed by atoms with Gasteiger partial charge >= 0.3 is 0 Å². The van der Waals surface area contributed by atoms with E-state index in [1.807, 2.05) is 11.8 Å². The fraction of sp³-hybridized carbons (Fsp3) is 0.389. The summed E-state index contributed by atoms with van der Waals surface area (Å²) in [5.74, 6) is -2.20. The van der Waals surface area contributed by atoms with Gasteiger partial charge in [-0.15, -0.1) is 0 Å². The molecular formula is C18H20F2N4O3. The summed E-state index contributed by atoms with van der Waals surface area (Å²) in [5.41, 5.74) is 0.403. The summed E-state index contributed by atoms with van der Waals surface area (Å²) >= 11 is 0. The number of morpholine rings is 1. The maximum atomic E-state index is 13.3. The number of hydrogen-bond acceptors (Lipinski definition) is 5. The first-order chi connectivity index (χ1) is 13.0. The van der Waals surface area contributed by atoms with Crippen molar-refractivity contribution < 1.29 is 18.3 Å². The van der Waals surface area contributed by atoms with Crippen LogP contribution in [0.1, 0.15) is 12.6 Å². The van der Waals surface area contributed by atoms with Crippen LogP contribution in [0.2, 0.25) is 0 Å². The molecule has 27 heavy (non-hydrogen) atoms. The third-order valence-corrected chi connectivity index (χ3v) is 4.20. The number of nitrogens with one attached hydrogen (secondary N) is 1. The van der Waals surface area contributed by atoms with Gasteiger partial charge in [0.2, 0.25) is 11.9 Å². The molecule has 0 atom stereocenters. The Morgan fingerprint density at radius 3 is 2.63 bits per heavy atom. The van der Waals surface area contributed by atoms with Crippen LogP contribution in [0.15, 0.2) is 29.1 Å². The van der Waals surface area contributed by atoms with Crippen molar-refractivity contribution in [2.75, 3.05) is 36.5 Å². The Bertz CT molecular complexity index is 895. The Hall–Kier alpha value is -2.81. The molecule has 1 aromatic heterocycles. The van der Waals surface area contributed by atoms with Gasteiger partial charge in [0.25, 0.3) is 5.56 Å². The zero-order chi connectivity index (χ0) is 19.4. The zero-order valence-corrected chi connectivity index (χ0v) is 14.9. The van der Waals surface area contributed by atoms with Crippen LogP contribution in [0.5, 0.6) is 0 Å². The van der Waals surface area contributed by atoms with Crippen LogP contribution in [0.4, 0.5) is 20.4 Å². The maximum Gasteiger partial charge on any atom is 0.255 e. The number of rotatable bonds is 5. The molecule has 0 saturated carbocycles. The third kappa shape index (κ3) is 4.48. The number of ether oxygens (including phenoxy) is 1. The summed E-state index contributed by atoms with van der Waals surface area (Å²) in [6.07, 6.45) is 0.592. The second-order valence-electron chi connectivity index (χ2n) is 6.10. The molecule has 2 heterocycles. The summed E-state index contributed by atoms with van der Waals surface area (Å²) in [5, 5.41) is 2.47. The van der Waals surface area contributed by atoms with Crippen LogP contribution >= 0.6 is 0 Å². The lowest BCUT2D eigenvalue weighted by Crippen LogP contribution is -2.42. The Kier molecular flexibility index (Phi) is 5.80. The van der Waals surface area contributed by atoms with Gasteiger partial charge in [0.15, 0.2) is 11.6 Å². The molecule has 7 nitrogen and oxygen atoms in total. The molecule has 0 aliphatic carbocycles. The van der Waals surface area contributed by atoms with Gasteiger partial charge in [-0.1, -0.05) is 6.92 Å². The van der Waals surface area contributed by atoms with Gasteiger partial charge in [-0.3, -0.25) is 14.2 Å². The summed E-state index contributed by atoms with van der Waals surface area (Å²) in [4.78, 5) is 31.3. The van der Waals surface area contributed by atoms with Gasteiger partial charge in [-0.25, -0.2) is 13.8 Å². The van der Waals surface area contributed by atoms with Crippen molar-refractivity contribution in [1.29, 1.82) is 0 Å². The highest BCUT2D eigenvalue weighted by atomic mass is 19.2. The fourth-order valence-electron chi connectivity index (χ4n) is 2.79. The van der Waals surface area contributed by atoms with E-state index in [1.54, 1.807) is 0 Å². The van der Waals surface area contributed by atoms with Crippen molar-refractivity contribution in [3.8, 4) is 0 Å². The van der Waals surface area contributed by atoms with Gasteiger partial charge in [0.05, 0.1) is 13.2 Å². The van der Waals surface area contributed by atoms with Gasteiger partial charge in [-0.05, 0) is 18.6 Å². The van der Waals surface area contributed by atoms with Crippen LogP contribution in [-0.2, 0) is 22.5 Å². The number of amides is 1. The lowest BCUT2D eigenvalue weighted by molar-refractivity contribution is -0.116. The van der Waals surface area contributed by atoms with E-state index in [4.69, 9.17) is 4.74 Å². The predicted octanol–water partition coefficient (Wildman–Crippen LogP) is 1.56. The molecule has 1 aliphatic heterocycles. The van der Waals surface area contributed by atoms with Crippen molar-refractivity contribution >= 4 is 17.5 Å². The molecule has 2 aromatic rings. The summed E-state index contributed by atoms with van der Waals surface area (Å²) < 4.78 is 32.9. The molecule has 1 saturated heterocycles. The minimum atomic E-state index is -1.06. The fourth-order valence-corrected chi connectivity index (χ4v) is 2.79. The number of nitrogens with zero attached hydrogens (tertiary/aromatic N) is 3. The SMILES string of the molecule is CCc1cc(=O)n(CC(=O)Nc2ccc(F)c(F)c2)c(N2CCOCC2)n1. The minimum Gasteiger partial charge on any atom is -0.378 e. The largest absolute Gasteiger partial charge is 0.378 e. The number of carbonyl (C=O) groups is 1. The van der Waals surface area contributed by atoms with Gasteiger partial charge < -0.3 is 15.0 Å². The first-order valence-corrected chi connectivity index (χ1v) is 8.66. The normalized spacial score (nSPS) is 14.3. The number of carbonyl (C=O) groups excluding carboxylic acids is 1. The number of benzene rings is 1. The molecular weight excluding hydrogens is 358 g/mol. The predicted molar refractivity (Wildman–Crippen MR) is 95.9 cm³/mol. The first-order valence-electron chi connectivity index (χ1n) is 8.66. The van der Waals surface area contributed by atoms with Crippen LogP contribution in [0.25, 0.3) is 0 Å². The van der Waals surface area contributed by atoms with Crippen molar-refractivity contribution in [1.82, 2.24) is 9.55 Å². The van der Waals surface area contributed by atoms with E-state index in [9.17, 15) is 18.4 Å². The molecule has 0 bridgehead atoms. The van der Waals surface area contributed by atoms with Gasteiger partial charge in [0, 0.05) is 36.6 Å². The molecule has 9 heteroatoms. The van der Waals surface area contributed by atoms with E-state index in [0.717, 1.165) is 12.1 Å². The number of halogens is 2. The second kappa shape index (κ2) is 8.26. The zero-order valence-electron chi connectivity index (χ0n) is 14.9. The van der Waals surface area contributed by atoms with E-state index < -0.39 is 17.5 Å². The standard InChI is InChI=1S/C18H20F2N4O3/c1-2-12-10-17(26)24(18(22-12)23-5-7-27-8-6-23)11-16(25)21-13-3-4-14(19)15(20)9-13/h3-4,9-10H,2,5-8,11H2,1H3,(H,21,25). The summed E-state index contributed by atoms with van der Waals surface area (Å²) in [7, 11) is 0. The van der Waals surface area contributed by atoms with Crippen LogP contribution in [-0.4, -0.2) is 41.8 Å². The molecule has 1 amide bonds. The van der Waals surface area contributed by atoms with Crippen molar-refractivity contribution in [2.45, 2.75) is 19.9 Å². The molecule has 1 aliphatic rings. The molecule has 1 N–H and O–H groups in total. The lowest BCUT2D eigenvalue weighted by Gasteiger charge is -2.29. The highest BCUT2D eigenvalue weighted by molar-refractivity contribution is 5.90. The lowest BCUT2D eigenvalue weighted by atomic mass is 10.3. The molecule has 1 fully saturated rings. The van der Waals surface area contributed by atoms with Crippen LogP contribution in [0, 0.1) is 11.6 Å². The monoisotopic (exact) mass is 378 g/mol. The third-order valence-electron chi connectivity index (χ3n) is 4.20. The Balaban J connectivity index is 1.85. The molecule has 0 unspecified atom stereocenters. The highest BCUT2D eigenvalue weighted by Crippen LogP contribution is 2.15. The van der Waals surface area contributed by atoms with Crippen LogP contribution in [0.3, 0.4) is 0 Å². The molecule has 1 aromatic carbocycles. The quantitative estimate of drug-likeness (QED) is 0.855. The smallest absolute Gasteiger partial charge is 0.255 e. The van der Waals surface area contributed by atoms with E-state index in [0.29, 0.717) is 44.4 Å². The van der Waals surface area contributed by atoms with Gasteiger partial charge in [-0.2, -0.15) is 0 Å². The van der Waals surface area contributed by atoms with Crippen molar-refractivity contribution in [2.24, 2.45) is 0 Å². The molecule has 0 radical (unpaired) electrons. The number of aromatic nitrogens is 2. The van der Waals surface area contributed by atoms with Gasteiger partial charge in [0.1, 0.15) is 6.54 Å². The average Bonchev–Trinajstić information content (AvgIpc) is 2.66. The topological polar surface area (TPSA) is 76.5 Å².